The minimum Gasteiger partial charge on any atom is -0.471 e. The zero-order valence-electron chi connectivity index (χ0n) is 23.1. The Balaban J connectivity index is 1.25. The van der Waals surface area contributed by atoms with E-state index >= 15 is 0 Å². The second kappa shape index (κ2) is 12.7. The van der Waals surface area contributed by atoms with Crippen LogP contribution in [-0.4, -0.2) is 52.8 Å². The number of pyridine rings is 2. The van der Waals surface area contributed by atoms with E-state index in [0.717, 1.165) is 12.3 Å². The van der Waals surface area contributed by atoms with Crippen LogP contribution in [0.4, 0.5) is 22.0 Å². The quantitative estimate of drug-likeness (QED) is 0.201. The fourth-order valence-corrected chi connectivity index (χ4v) is 5.79. The van der Waals surface area contributed by atoms with Crippen LogP contribution in [0.15, 0.2) is 47.1 Å². The Morgan fingerprint density at radius 3 is 2.45 bits per heavy atom. The highest BCUT2D eigenvalue weighted by Gasteiger charge is 2.38. The van der Waals surface area contributed by atoms with Gasteiger partial charge in [-0.25, -0.2) is 22.2 Å². The number of benzene rings is 1. The highest BCUT2D eigenvalue weighted by atomic mass is 35.5. The first-order chi connectivity index (χ1) is 20.7. The van der Waals surface area contributed by atoms with E-state index in [2.05, 4.69) is 29.5 Å². The second-order valence-electron chi connectivity index (χ2n) is 10.4. The summed E-state index contributed by atoms with van der Waals surface area (Å²) < 4.78 is 101. The summed E-state index contributed by atoms with van der Waals surface area (Å²) in [5.41, 5.74) is 1.67. The number of hydrogen-bond acceptors (Lipinski definition) is 9. The molecule has 1 aromatic carbocycles. The summed E-state index contributed by atoms with van der Waals surface area (Å²) in [7, 11) is -3.52. The van der Waals surface area contributed by atoms with E-state index in [-0.39, 0.29) is 52.7 Å². The number of alkyl halides is 3. The number of hydrogen-bond donors (Lipinski definition) is 0. The lowest BCUT2D eigenvalue weighted by Crippen LogP contribution is -2.33. The molecule has 0 aliphatic carbocycles. The molecule has 9 nitrogen and oxygen atoms in total. The Morgan fingerprint density at radius 1 is 1.05 bits per heavy atom. The van der Waals surface area contributed by atoms with Crippen molar-refractivity contribution in [3.05, 3.63) is 87.7 Å². The van der Waals surface area contributed by atoms with E-state index in [1.807, 2.05) is 0 Å². The summed E-state index contributed by atoms with van der Waals surface area (Å²) in [5, 5.41) is 3.58. The van der Waals surface area contributed by atoms with Gasteiger partial charge in [-0.2, -0.15) is 18.2 Å². The van der Waals surface area contributed by atoms with Gasteiger partial charge in [0.15, 0.2) is 15.7 Å². The van der Waals surface area contributed by atoms with Gasteiger partial charge >= 0.3 is 12.1 Å². The first-order valence-corrected chi connectivity index (χ1v) is 15.7. The van der Waals surface area contributed by atoms with E-state index < -0.39 is 33.5 Å². The van der Waals surface area contributed by atoms with E-state index in [9.17, 15) is 30.4 Å². The first kappa shape index (κ1) is 31.7. The molecule has 1 aliphatic heterocycles. The molecule has 0 N–H and O–H groups in total. The van der Waals surface area contributed by atoms with Gasteiger partial charge < -0.3 is 9.26 Å². The van der Waals surface area contributed by atoms with Crippen molar-refractivity contribution in [2.24, 2.45) is 0 Å². The Bertz CT molecular complexity index is 1760. The minimum atomic E-state index is -4.82. The van der Waals surface area contributed by atoms with Crippen molar-refractivity contribution in [3.63, 3.8) is 0 Å². The average Bonchev–Trinajstić information content (AvgIpc) is 3.45. The number of halogens is 6. The van der Waals surface area contributed by atoms with E-state index in [4.69, 9.17) is 16.3 Å². The second-order valence-corrected chi connectivity index (χ2v) is 13.0. The fraction of sp³-hybridized carbons (Fsp3) is 0.357. The van der Waals surface area contributed by atoms with Crippen molar-refractivity contribution in [1.82, 2.24) is 25.0 Å². The molecule has 0 bridgehead atoms. The van der Waals surface area contributed by atoms with Crippen molar-refractivity contribution >= 4 is 21.4 Å². The number of rotatable bonds is 9. The van der Waals surface area contributed by atoms with Gasteiger partial charge in [-0.15, -0.1) is 0 Å². The van der Waals surface area contributed by atoms with E-state index in [0.29, 0.717) is 42.9 Å². The molecule has 1 saturated heterocycles. The summed E-state index contributed by atoms with van der Waals surface area (Å²) in [4.78, 5) is 14.1. The van der Waals surface area contributed by atoms with Crippen LogP contribution in [0, 0.1) is 11.6 Å². The third-order valence-corrected chi connectivity index (χ3v) is 8.07. The Labute approximate surface area is 254 Å². The van der Waals surface area contributed by atoms with Gasteiger partial charge in [0.1, 0.15) is 12.4 Å². The SMILES string of the molecule is CS(=O)(=O)Cc1cc(-c2noc(C(F)(F)F)n2)cnc1CN1CCC(c2ccc(F)c(OCc3ccc(Cl)cc3F)n2)CC1. The lowest BCUT2D eigenvalue weighted by molar-refractivity contribution is -0.159. The lowest BCUT2D eigenvalue weighted by atomic mass is 9.93. The van der Waals surface area contributed by atoms with Gasteiger partial charge in [-0.3, -0.25) is 9.88 Å². The molecular formula is C28H25ClF5N5O4S. The molecular weight excluding hydrogens is 633 g/mol. The molecule has 0 spiro atoms. The number of nitrogens with zero attached hydrogens (tertiary/aromatic N) is 5. The van der Waals surface area contributed by atoms with Crippen LogP contribution in [0.25, 0.3) is 11.4 Å². The van der Waals surface area contributed by atoms with Crippen molar-refractivity contribution in [2.45, 2.75) is 43.8 Å². The molecule has 16 heteroatoms. The molecule has 0 saturated carbocycles. The smallest absolute Gasteiger partial charge is 0.471 e. The summed E-state index contributed by atoms with van der Waals surface area (Å²) >= 11 is 5.77. The molecule has 234 valence electrons. The van der Waals surface area contributed by atoms with Crippen LogP contribution >= 0.6 is 11.6 Å². The van der Waals surface area contributed by atoms with Crippen molar-refractivity contribution in [3.8, 4) is 17.3 Å². The van der Waals surface area contributed by atoms with Crippen LogP contribution in [0.2, 0.25) is 5.02 Å². The van der Waals surface area contributed by atoms with E-state index in [1.165, 1.54) is 30.5 Å². The van der Waals surface area contributed by atoms with Crippen LogP contribution in [-0.2, 0) is 34.9 Å². The number of ether oxygens (including phenoxy) is 1. The topological polar surface area (TPSA) is 111 Å². The summed E-state index contributed by atoms with van der Waals surface area (Å²) in [5.74, 6) is -3.77. The molecule has 4 heterocycles. The van der Waals surface area contributed by atoms with Crippen LogP contribution in [0.1, 0.15) is 47.2 Å². The molecule has 3 aromatic heterocycles. The Kier molecular flexibility index (Phi) is 9.18. The number of piperidine rings is 1. The Hall–Kier alpha value is -3.69. The number of aromatic nitrogens is 4. The maximum absolute atomic E-state index is 14.4. The molecule has 44 heavy (non-hydrogen) atoms. The predicted octanol–water partition coefficient (Wildman–Crippen LogP) is 5.98. The zero-order valence-corrected chi connectivity index (χ0v) is 24.7. The van der Waals surface area contributed by atoms with Gasteiger partial charge in [0.2, 0.25) is 5.82 Å². The molecule has 4 aromatic rings. The summed E-state index contributed by atoms with van der Waals surface area (Å²) in [6.07, 6.45) is -1.21. The molecule has 0 amide bonds. The lowest BCUT2D eigenvalue weighted by Gasteiger charge is -2.32. The third kappa shape index (κ3) is 7.87. The van der Waals surface area contributed by atoms with Gasteiger partial charge in [0.25, 0.3) is 5.88 Å². The standard InChI is InChI=1S/C28H25ClF5N5O4S/c1-44(40,41)15-19-10-18(25-37-27(43-38-25)28(32,33)34)12-35-24(19)13-39-8-6-16(7-9-39)23-5-4-21(30)26(36-23)42-14-17-2-3-20(29)11-22(17)31/h2-5,10-12,16H,6-9,13-15H2,1H3. The number of sulfone groups is 1. The van der Waals surface area contributed by atoms with Crippen molar-refractivity contribution < 1.29 is 39.6 Å². The Morgan fingerprint density at radius 2 is 1.80 bits per heavy atom. The maximum Gasteiger partial charge on any atom is 0.471 e. The highest BCUT2D eigenvalue weighted by Crippen LogP contribution is 2.32. The van der Waals surface area contributed by atoms with Crippen molar-refractivity contribution in [2.75, 3.05) is 19.3 Å². The summed E-state index contributed by atoms with van der Waals surface area (Å²) in [6.45, 7) is 1.22. The highest BCUT2D eigenvalue weighted by molar-refractivity contribution is 7.89. The number of likely N-dealkylation sites (tertiary alicyclic amines) is 1. The van der Waals surface area contributed by atoms with Crippen LogP contribution < -0.4 is 4.74 Å². The third-order valence-electron chi connectivity index (χ3n) is 7.00. The fourth-order valence-electron chi connectivity index (χ4n) is 4.82. The normalized spacial score (nSPS) is 15.1. The summed E-state index contributed by atoms with van der Waals surface area (Å²) in [6, 6.07) is 8.34. The maximum atomic E-state index is 14.4. The molecule has 5 rings (SSSR count). The van der Waals surface area contributed by atoms with Gasteiger partial charge in [0, 0.05) is 46.8 Å². The molecule has 0 radical (unpaired) electrons. The van der Waals surface area contributed by atoms with E-state index in [1.54, 1.807) is 6.07 Å². The van der Waals surface area contributed by atoms with Crippen molar-refractivity contribution in [1.29, 1.82) is 0 Å². The predicted molar refractivity (Wildman–Crippen MR) is 148 cm³/mol. The zero-order chi connectivity index (χ0) is 31.6. The van der Waals surface area contributed by atoms with Gasteiger partial charge in [-0.1, -0.05) is 22.8 Å². The average molecular weight is 658 g/mol. The first-order valence-electron chi connectivity index (χ1n) is 13.3. The molecule has 0 atom stereocenters. The molecule has 0 unspecified atom stereocenters. The minimum absolute atomic E-state index is 0.0200. The van der Waals surface area contributed by atoms with Gasteiger partial charge in [0.05, 0.1) is 11.4 Å². The van der Waals surface area contributed by atoms with Crippen LogP contribution in [0.3, 0.4) is 0 Å². The molecule has 1 fully saturated rings. The van der Waals surface area contributed by atoms with Gasteiger partial charge in [-0.05, 0) is 61.8 Å². The largest absolute Gasteiger partial charge is 0.471 e. The molecule has 1 aliphatic rings. The monoisotopic (exact) mass is 657 g/mol. The van der Waals surface area contributed by atoms with Crippen LogP contribution in [0.5, 0.6) is 5.88 Å².